The van der Waals surface area contributed by atoms with Crippen LogP contribution in [0.3, 0.4) is 0 Å². The number of carbonyl (C=O) groups is 1. The third kappa shape index (κ3) is 3.21. The minimum atomic E-state index is -0.756. The van der Waals surface area contributed by atoms with Crippen molar-refractivity contribution < 1.29 is 9.90 Å². The number of carboxylic acid groups (broad SMARTS) is 1. The molecule has 0 aliphatic carbocycles. The zero-order chi connectivity index (χ0) is 11.6. The Morgan fingerprint density at radius 1 is 1.41 bits per heavy atom. The van der Waals surface area contributed by atoms with Crippen LogP contribution < -0.4 is 5.32 Å². The average Bonchev–Trinajstić information content (AvgIpc) is 2.71. The number of halogens is 2. The number of aliphatic carboxylic acids is 1. The normalized spacial score (nSPS) is 23.1. The van der Waals surface area contributed by atoms with E-state index >= 15 is 0 Å². The van der Waals surface area contributed by atoms with Crippen LogP contribution in [0.4, 0.5) is 0 Å². The van der Waals surface area contributed by atoms with E-state index in [0.717, 1.165) is 23.0 Å². The molecule has 1 aromatic carbocycles. The molecule has 17 heavy (non-hydrogen) atoms. The van der Waals surface area contributed by atoms with Crippen molar-refractivity contribution in [2.45, 2.75) is 24.8 Å². The summed E-state index contributed by atoms with van der Waals surface area (Å²) >= 11 is 3.37. The van der Waals surface area contributed by atoms with Gasteiger partial charge in [0.2, 0.25) is 0 Å². The van der Waals surface area contributed by atoms with E-state index in [1.54, 1.807) is 0 Å². The van der Waals surface area contributed by atoms with E-state index in [-0.39, 0.29) is 12.4 Å². The molecule has 0 aromatic heterocycles. The molecule has 0 radical (unpaired) electrons. The number of benzene rings is 1. The van der Waals surface area contributed by atoms with E-state index in [2.05, 4.69) is 21.2 Å². The molecule has 0 spiro atoms. The molecule has 1 aliphatic heterocycles. The van der Waals surface area contributed by atoms with E-state index in [1.807, 2.05) is 24.3 Å². The molecule has 1 aromatic rings. The van der Waals surface area contributed by atoms with Crippen molar-refractivity contribution in [3.8, 4) is 0 Å². The molecule has 0 amide bonds. The summed E-state index contributed by atoms with van der Waals surface area (Å²) in [6, 6.07) is 7.82. The predicted molar refractivity (Wildman–Crippen MR) is 72.7 cm³/mol. The fourth-order valence-corrected chi connectivity index (χ4v) is 2.43. The minimum absolute atomic E-state index is 0. The number of nitrogens with one attached hydrogen (secondary N) is 1. The van der Waals surface area contributed by atoms with E-state index in [4.69, 9.17) is 0 Å². The van der Waals surface area contributed by atoms with Crippen molar-refractivity contribution >= 4 is 34.3 Å². The molecule has 1 aliphatic rings. The molecule has 3 nitrogen and oxygen atoms in total. The van der Waals surface area contributed by atoms with Gasteiger partial charge in [-0.25, -0.2) is 0 Å². The summed E-state index contributed by atoms with van der Waals surface area (Å²) < 4.78 is 1.01. The van der Waals surface area contributed by atoms with Crippen LogP contribution in [0.25, 0.3) is 0 Å². The van der Waals surface area contributed by atoms with E-state index in [1.165, 1.54) is 0 Å². The highest BCUT2D eigenvalue weighted by Crippen LogP contribution is 2.25. The molecule has 2 N–H and O–H groups in total. The maximum Gasteiger partial charge on any atom is 0.324 e. The van der Waals surface area contributed by atoms with Crippen LogP contribution in [-0.4, -0.2) is 23.2 Å². The van der Waals surface area contributed by atoms with Gasteiger partial charge in [-0.2, -0.15) is 0 Å². The van der Waals surface area contributed by atoms with Gasteiger partial charge in [-0.05, 0) is 37.1 Å². The summed E-state index contributed by atoms with van der Waals surface area (Å²) in [6.07, 6.45) is 2.19. The van der Waals surface area contributed by atoms with Crippen LogP contribution in [0.2, 0.25) is 0 Å². The summed E-state index contributed by atoms with van der Waals surface area (Å²) in [7, 11) is 0. The van der Waals surface area contributed by atoms with Crippen molar-refractivity contribution in [3.05, 3.63) is 34.3 Å². The maximum absolute atomic E-state index is 11.3. The second kappa shape index (κ2) is 5.85. The van der Waals surface area contributed by atoms with Gasteiger partial charge in [-0.1, -0.05) is 28.1 Å². The van der Waals surface area contributed by atoms with Crippen LogP contribution in [-0.2, 0) is 11.2 Å². The fraction of sp³-hybridized carbons (Fsp3) is 0.417. The summed E-state index contributed by atoms with van der Waals surface area (Å²) in [5.41, 5.74) is 0.299. The summed E-state index contributed by atoms with van der Waals surface area (Å²) in [6.45, 7) is 0.794. The van der Waals surface area contributed by atoms with Crippen molar-refractivity contribution in [1.82, 2.24) is 5.32 Å². The van der Waals surface area contributed by atoms with Gasteiger partial charge in [-0.3, -0.25) is 4.79 Å². The zero-order valence-corrected chi connectivity index (χ0v) is 11.7. The Labute approximate surface area is 115 Å². The van der Waals surface area contributed by atoms with Gasteiger partial charge < -0.3 is 10.4 Å². The van der Waals surface area contributed by atoms with Gasteiger partial charge in [0.05, 0.1) is 0 Å². The monoisotopic (exact) mass is 319 g/mol. The number of rotatable bonds is 3. The molecule has 1 heterocycles. The molecule has 1 saturated heterocycles. The molecular formula is C12H15BrClNO2. The molecule has 94 valence electrons. The van der Waals surface area contributed by atoms with Crippen LogP contribution >= 0.6 is 28.3 Å². The Bertz CT molecular complexity index is 388. The molecule has 0 unspecified atom stereocenters. The first kappa shape index (κ1) is 14.5. The number of hydrogen-bond donors (Lipinski definition) is 2. The van der Waals surface area contributed by atoms with Gasteiger partial charge in [0.1, 0.15) is 5.54 Å². The van der Waals surface area contributed by atoms with Gasteiger partial charge in [0, 0.05) is 10.9 Å². The Morgan fingerprint density at radius 2 is 2.06 bits per heavy atom. The van der Waals surface area contributed by atoms with Gasteiger partial charge >= 0.3 is 5.97 Å². The van der Waals surface area contributed by atoms with Crippen LogP contribution in [0.15, 0.2) is 28.7 Å². The molecule has 0 saturated carbocycles. The third-order valence-corrected chi connectivity index (χ3v) is 3.60. The van der Waals surface area contributed by atoms with Crippen molar-refractivity contribution in [2.75, 3.05) is 6.54 Å². The summed E-state index contributed by atoms with van der Waals surface area (Å²) in [5.74, 6) is -0.743. The first-order valence-electron chi connectivity index (χ1n) is 5.35. The quantitative estimate of drug-likeness (QED) is 0.900. The van der Waals surface area contributed by atoms with Crippen molar-refractivity contribution in [3.63, 3.8) is 0 Å². The Morgan fingerprint density at radius 3 is 2.53 bits per heavy atom. The molecule has 1 fully saturated rings. The fourth-order valence-electron chi connectivity index (χ4n) is 2.17. The summed E-state index contributed by atoms with van der Waals surface area (Å²) in [5, 5.41) is 12.4. The van der Waals surface area contributed by atoms with E-state index in [0.29, 0.717) is 12.8 Å². The lowest BCUT2D eigenvalue weighted by atomic mass is 9.89. The molecule has 1 atom stereocenters. The van der Waals surface area contributed by atoms with E-state index < -0.39 is 11.5 Å². The Hall–Kier alpha value is -0.580. The van der Waals surface area contributed by atoms with Crippen molar-refractivity contribution in [2.24, 2.45) is 0 Å². The highest BCUT2D eigenvalue weighted by atomic mass is 79.9. The smallest absolute Gasteiger partial charge is 0.324 e. The van der Waals surface area contributed by atoms with Crippen LogP contribution in [0.5, 0.6) is 0 Å². The first-order chi connectivity index (χ1) is 7.62. The second-order valence-electron chi connectivity index (χ2n) is 4.22. The van der Waals surface area contributed by atoms with Gasteiger partial charge in [0.15, 0.2) is 0 Å². The average molecular weight is 321 g/mol. The zero-order valence-electron chi connectivity index (χ0n) is 9.28. The molecule has 2 rings (SSSR count). The third-order valence-electron chi connectivity index (χ3n) is 3.07. The minimum Gasteiger partial charge on any atom is -0.480 e. The number of carboxylic acids is 1. The lowest BCUT2D eigenvalue weighted by Gasteiger charge is -2.24. The maximum atomic E-state index is 11.3. The Kier molecular flexibility index (Phi) is 4.98. The number of hydrogen-bond acceptors (Lipinski definition) is 2. The van der Waals surface area contributed by atoms with Gasteiger partial charge in [0.25, 0.3) is 0 Å². The Balaban J connectivity index is 0.00000144. The highest BCUT2D eigenvalue weighted by molar-refractivity contribution is 9.10. The van der Waals surface area contributed by atoms with Crippen LogP contribution in [0.1, 0.15) is 18.4 Å². The highest BCUT2D eigenvalue weighted by Gasteiger charge is 2.40. The standard InChI is InChI=1S/C12H14BrNO2.ClH/c13-10-4-2-9(3-5-10)8-12(11(15)16)6-1-7-14-12;/h2-5,14H,1,6-8H2,(H,15,16);1H/t12-;/m1./s1. The van der Waals surface area contributed by atoms with E-state index in [9.17, 15) is 9.90 Å². The lowest BCUT2D eigenvalue weighted by molar-refractivity contribution is -0.144. The van der Waals surface area contributed by atoms with Crippen molar-refractivity contribution in [1.29, 1.82) is 0 Å². The molecular weight excluding hydrogens is 305 g/mol. The van der Waals surface area contributed by atoms with Crippen LogP contribution in [0, 0.1) is 0 Å². The second-order valence-corrected chi connectivity index (χ2v) is 5.14. The SMILES string of the molecule is Cl.O=C(O)[C@]1(Cc2ccc(Br)cc2)CCCN1. The first-order valence-corrected chi connectivity index (χ1v) is 6.15. The largest absolute Gasteiger partial charge is 0.480 e. The molecule has 5 heteroatoms. The molecule has 0 bridgehead atoms. The topological polar surface area (TPSA) is 49.3 Å². The summed E-state index contributed by atoms with van der Waals surface area (Å²) in [4.78, 5) is 11.3. The predicted octanol–water partition coefficient (Wildman–Crippen LogP) is 2.62. The lowest BCUT2D eigenvalue weighted by Crippen LogP contribution is -2.49. The van der Waals surface area contributed by atoms with Gasteiger partial charge in [-0.15, -0.1) is 12.4 Å².